The summed E-state index contributed by atoms with van der Waals surface area (Å²) in [5.41, 5.74) is 0.325. The number of methoxy groups -OCH3 is 1. The van der Waals surface area contributed by atoms with Crippen molar-refractivity contribution in [2.24, 2.45) is 5.92 Å². The van der Waals surface area contributed by atoms with Gasteiger partial charge in [-0.2, -0.15) is 4.31 Å². The fourth-order valence-corrected chi connectivity index (χ4v) is 5.62. The molecule has 8 heteroatoms. The van der Waals surface area contributed by atoms with E-state index in [1.807, 2.05) is 0 Å². The van der Waals surface area contributed by atoms with Gasteiger partial charge in [-0.15, -0.1) is 0 Å². The molecule has 1 fully saturated rings. The first-order chi connectivity index (χ1) is 14.3. The topological polar surface area (TPSA) is 79.0 Å². The molecule has 0 radical (unpaired) electrons. The van der Waals surface area contributed by atoms with Crippen molar-refractivity contribution in [1.29, 1.82) is 0 Å². The van der Waals surface area contributed by atoms with Crippen LogP contribution in [-0.2, 0) is 10.0 Å². The lowest BCUT2D eigenvalue weighted by Gasteiger charge is -2.30. The summed E-state index contributed by atoms with van der Waals surface area (Å²) in [5.74, 6) is 0.754. The van der Waals surface area contributed by atoms with Crippen LogP contribution < -0.4 is 10.1 Å². The van der Waals surface area contributed by atoms with Gasteiger partial charge >= 0.3 is 0 Å². The SMILES string of the molecule is CCN(CC)S(=O)(=O)c1cc(C(=O)NCCCCN2CCCC(C)C2)ccc1OC. The van der Waals surface area contributed by atoms with E-state index in [0.717, 1.165) is 25.3 Å². The van der Waals surface area contributed by atoms with Gasteiger partial charge in [0.2, 0.25) is 10.0 Å². The quantitative estimate of drug-likeness (QED) is 0.536. The molecular formula is C22H37N3O4S. The van der Waals surface area contributed by atoms with Gasteiger partial charge in [0.05, 0.1) is 7.11 Å². The fraction of sp³-hybridized carbons (Fsp3) is 0.682. The summed E-state index contributed by atoms with van der Waals surface area (Å²) in [6.07, 6.45) is 4.53. The van der Waals surface area contributed by atoms with Crippen LogP contribution in [0.4, 0.5) is 0 Å². The van der Waals surface area contributed by atoms with E-state index in [0.29, 0.717) is 25.2 Å². The highest BCUT2D eigenvalue weighted by atomic mass is 32.2. The fourth-order valence-electron chi connectivity index (χ4n) is 3.98. The predicted molar refractivity (Wildman–Crippen MR) is 120 cm³/mol. The number of rotatable bonds is 11. The molecule has 170 valence electrons. The highest BCUT2D eigenvalue weighted by Crippen LogP contribution is 2.28. The van der Waals surface area contributed by atoms with Crippen LogP contribution in [0.1, 0.15) is 56.8 Å². The van der Waals surface area contributed by atoms with Gasteiger partial charge in [0.25, 0.3) is 5.91 Å². The minimum Gasteiger partial charge on any atom is -0.495 e. The van der Waals surface area contributed by atoms with Crippen molar-refractivity contribution in [3.8, 4) is 5.75 Å². The number of ether oxygens (including phenoxy) is 1. The highest BCUT2D eigenvalue weighted by Gasteiger charge is 2.26. The molecule has 0 bridgehead atoms. The van der Waals surface area contributed by atoms with Crippen LogP contribution in [0.15, 0.2) is 23.1 Å². The van der Waals surface area contributed by atoms with Gasteiger partial charge in [0.15, 0.2) is 0 Å². The van der Waals surface area contributed by atoms with Crippen molar-refractivity contribution in [1.82, 2.24) is 14.5 Å². The summed E-state index contributed by atoms with van der Waals surface area (Å²) < 4.78 is 32.5. The molecule has 0 spiro atoms. The lowest BCUT2D eigenvalue weighted by Crippen LogP contribution is -2.35. The summed E-state index contributed by atoms with van der Waals surface area (Å²) in [6.45, 7) is 10.6. The number of likely N-dealkylation sites (tertiary alicyclic amines) is 1. The van der Waals surface area contributed by atoms with Crippen molar-refractivity contribution >= 4 is 15.9 Å². The van der Waals surface area contributed by atoms with Crippen LogP contribution in [0.3, 0.4) is 0 Å². The zero-order valence-electron chi connectivity index (χ0n) is 18.8. The maximum atomic E-state index is 12.9. The summed E-state index contributed by atoms with van der Waals surface area (Å²) >= 11 is 0. The van der Waals surface area contributed by atoms with E-state index < -0.39 is 10.0 Å². The lowest BCUT2D eigenvalue weighted by molar-refractivity contribution is 0.0952. The molecule has 1 atom stereocenters. The molecular weight excluding hydrogens is 402 g/mol. The monoisotopic (exact) mass is 439 g/mol. The molecule has 1 amide bonds. The molecule has 1 unspecified atom stereocenters. The second-order valence-corrected chi connectivity index (χ2v) is 9.87. The number of unbranched alkanes of at least 4 members (excludes halogenated alkanes) is 1. The number of hydrogen-bond acceptors (Lipinski definition) is 5. The van der Waals surface area contributed by atoms with Crippen molar-refractivity contribution in [2.75, 3.05) is 46.4 Å². The summed E-state index contributed by atoms with van der Waals surface area (Å²) in [4.78, 5) is 15.1. The van der Waals surface area contributed by atoms with Crippen LogP contribution >= 0.6 is 0 Å². The standard InChI is InChI=1S/C22H37N3O4S/c1-5-25(6-2)30(27,28)21-16-19(11-12-20(21)29-4)22(26)23-13-7-8-14-24-15-9-10-18(3)17-24/h11-12,16,18H,5-10,13-15,17H2,1-4H3,(H,23,26). The number of nitrogens with one attached hydrogen (secondary N) is 1. The zero-order chi connectivity index (χ0) is 22.1. The van der Waals surface area contributed by atoms with E-state index in [2.05, 4.69) is 17.1 Å². The molecule has 7 nitrogen and oxygen atoms in total. The molecule has 2 rings (SSSR count). The number of carbonyl (C=O) groups excluding carboxylic acids is 1. The Bertz CT molecular complexity index is 794. The molecule has 0 aliphatic carbocycles. The van der Waals surface area contributed by atoms with Crippen LogP contribution in [0.25, 0.3) is 0 Å². The van der Waals surface area contributed by atoms with Crippen LogP contribution in [0.5, 0.6) is 5.75 Å². The smallest absolute Gasteiger partial charge is 0.251 e. The molecule has 1 aromatic carbocycles. The van der Waals surface area contributed by atoms with Crippen LogP contribution in [0, 0.1) is 5.92 Å². The van der Waals surface area contributed by atoms with Crippen LogP contribution in [-0.4, -0.2) is 69.9 Å². The number of nitrogens with zero attached hydrogens (tertiary/aromatic N) is 2. The zero-order valence-corrected chi connectivity index (χ0v) is 19.6. The van der Waals surface area contributed by atoms with E-state index in [9.17, 15) is 13.2 Å². The number of amides is 1. The molecule has 1 saturated heterocycles. The number of benzene rings is 1. The third kappa shape index (κ3) is 6.43. The number of carbonyl (C=O) groups is 1. The van der Waals surface area contributed by atoms with Gasteiger partial charge in [0, 0.05) is 31.7 Å². The molecule has 1 N–H and O–H groups in total. The van der Waals surface area contributed by atoms with Gasteiger partial charge in [-0.3, -0.25) is 4.79 Å². The molecule has 1 aromatic rings. The molecule has 30 heavy (non-hydrogen) atoms. The Hall–Kier alpha value is -1.64. The first-order valence-electron chi connectivity index (χ1n) is 11.0. The van der Waals surface area contributed by atoms with Crippen molar-refractivity contribution in [2.45, 2.75) is 51.3 Å². The summed E-state index contributed by atoms with van der Waals surface area (Å²) in [7, 11) is -2.29. The highest BCUT2D eigenvalue weighted by molar-refractivity contribution is 7.89. The summed E-state index contributed by atoms with van der Waals surface area (Å²) in [6, 6.07) is 4.56. The van der Waals surface area contributed by atoms with E-state index >= 15 is 0 Å². The third-order valence-electron chi connectivity index (χ3n) is 5.68. The van der Waals surface area contributed by atoms with Gasteiger partial charge in [0.1, 0.15) is 10.6 Å². The average molecular weight is 440 g/mol. The summed E-state index contributed by atoms with van der Waals surface area (Å²) in [5, 5.41) is 2.91. The first-order valence-corrected chi connectivity index (χ1v) is 12.5. The molecule has 1 aliphatic rings. The molecule has 0 aromatic heterocycles. The number of sulfonamides is 1. The molecule has 1 heterocycles. The Balaban J connectivity index is 1.94. The van der Waals surface area contributed by atoms with Crippen molar-refractivity contribution in [3.05, 3.63) is 23.8 Å². The molecule has 1 aliphatic heterocycles. The van der Waals surface area contributed by atoms with Gasteiger partial charge in [-0.05, 0) is 62.9 Å². The largest absolute Gasteiger partial charge is 0.495 e. The Morgan fingerprint density at radius 1 is 1.27 bits per heavy atom. The van der Waals surface area contributed by atoms with Crippen LogP contribution in [0.2, 0.25) is 0 Å². The Morgan fingerprint density at radius 3 is 2.63 bits per heavy atom. The van der Waals surface area contributed by atoms with Crippen molar-refractivity contribution < 1.29 is 17.9 Å². The van der Waals surface area contributed by atoms with E-state index in [4.69, 9.17) is 4.74 Å². The molecule has 0 saturated carbocycles. The third-order valence-corrected chi connectivity index (χ3v) is 7.75. The van der Waals surface area contributed by atoms with E-state index in [-0.39, 0.29) is 16.6 Å². The van der Waals surface area contributed by atoms with Crippen molar-refractivity contribution in [3.63, 3.8) is 0 Å². The predicted octanol–water partition coefficient (Wildman–Crippen LogP) is 2.97. The minimum atomic E-state index is -3.72. The average Bonchev–Trinajstić information content (AvgIpc) is 2.73. The first kappa shape index (κ1) is 24.6. The van der Waals surface area contributed by atoms with Gasteiger partial charge in [-0.25, -0.2) is 8.42 Å². The second kappa shape index (κ2) is 11.7. The Labute approximate surface area is 181 Å². The van der Waals surface area contributed by atoms with E-state index in [1.165, 1.54) is 43.4 Å². The minimum absolute atomic E-state index is 0.0283. The Kier molecular flexibility index (Phi) is 9.58. The Morgan fingerprint density at radius 2 is 2.00 bits per heavy atom. The maximum absolute atomic E-state index is 12.9. The second-order valence-electron chi connectivity index (χ2n) is 7.97. The van der Waals surface area contributed by atoms with Gasteiger partial charge < -0.3 is 15.0 Å². The van der Waals surface area contributed by atoms with E-state index in [1.54, 1.807) is 26.0 Å². The van der Waals surface area contributed by atoms with Gasteiger partial charge in [-0.1, -0.05) is 20.8 Å². The number of piperidine rings is 1. The maximum Gasteiger partial charge on any atom is 0.251 e. The normalized spacial score (nSPS) is 17.8. The number of hydrogen-bond donors (Lipinski definition) is 1. The lowest BCUT2D eigenvalue weighted by atomic mass is 10.0.